The van der Waals surface area contributed by atoms with E-state index in [1.807, 2.05) is 31.2 Å². The maximum atomic E-state index is 12.2. The number of carbonyl (C=O) groups is 2. The van der Waals surface area contributed by atoms with Gasteiger partial charge in [-0.25, -0.2) is 4.79 Å². The number of nitrogens with one attached hydrogen (secondary N) is 2. The molecule has 0 saturated heterocycles. The van der Waals surface area contributed by atoms with Crippen molar-refractivity contribution >= 4 is 11.9 Å². The van der Waals surface area contributed by atoms with Gasteiger partial charge in [0.05, 0.1) is 6.04 Å². The Hall–Kier alpha value is -1.88. The Labute approximate surface area is 118 Å². The third kappa shape index (κ3) is 3.36. The van der Waals surface area contributed by atoms with E-state index < -0.39 is 12.0 Å². The van der Waals surface area contributed by atoms with Gasteiger partial charge in [0.15, 0.2) is 0 Å². The zero-order chi connectivity index (χ0) is 14.5. The summed E-state index contributed by atoms with van der Waals surface area (Å²) in [5, 5.41) is 14.8. The van der Waals surface area contributed by atoms with Crippen LogP contribution in [-0.2, 0) is 22.6 Å². The van der Waals surface area contributed by atoms with Crippen molar-refractivity contribution in [3.8, 4) is 0 Å². The molecular weight excluding hydrogens is 256 g/mol. The van der Waals surface area contributed by atoms with Crippen LogP contribution in [0.1, 0.15) is 30.9 Å². The molecule has 0 radical (unpaired) electrons. The second kappa shape index (κ2) is 6.52. The highest BCUT2D eigenvalue weighted by Gasteiger charge is 2.27. The summed E-state index contributed by atoms with van der Waals surface area (Å²) >= 11 is 0. The van der Waals surface area contributed by atoms with Crippen molar-refractivity contribution in [2.75, 3.05) is 0 Å². The van der Waals surface area contributed by atoms with Gasteiger partial charge < -0.3 is 15.7 Å². The summed E-state index contributed by atoms with van der Waals surface area (Å²) in [5.41, 5.74) is 2.34. The van der Waals surface area contributed by atoms with Crippen LogP contribution in [0.3, 0.4) is 0 Å². The topological polar surface area (TPSA) is 78.4 Å². The minimum absolute atomic E-state index is 0.236. The summed E-state index contributed by atoms with van der Waals surface area (Å²) in [5.74, 6) is -1.21. The Bertz CT molecular complexity index is 502. The normalized spacial score (nSPS) is 18.9. The molecule has 3 N–H and O–H groups in total. The van der Waals surface area contributed by atoms with Crippen LogP contribution in [0.15, 0.2) is 24.3 Å². The Morgan fingerprint density at radius 1 is 1.40 bits per heavy atom. The number of fused-ring (bicyclic) bond motifs is 1. The summed E-state index contributed by atoms with van der Waals surface area (Å²) in [6, 6.07) is 6.82. The van der Waals surface area contributed by atoms with Gasteiger partial charge in [-0.1, -0.05) is 37.6 Å². The minimum atomic E-state index is -0.976. The summed E-state index contributed by atoms with van der Waals surface area (Å²) in [6.45, 7) is 2.54. The molecule has 5 nitrogen and oxygen atoms in total. The van der Waals surface area contributed by atoms with E-state index in [2.05, 4.69) is 10.6 Å². The predicted octanol–water partition coefficient (Wildman–Crippen LogP) is 1.07. The van der Waals surface area contributed by atoms with E-state index in [-0.39, 0.29) is 11.9 Å². The smallest absolute Gasteiger partial charge is 0.326 e. The fraction of sp³-hybridized carbons (Fsp3) is 0.467. The van der Waals surface area contributed by atoms with Crippen molar-refractivity contribution in [3.05, 3.63) is 35.4 Å². The van der Waals surface area contributed by atoms with Gasteiger partial charge in [-0.15, -0.1) is 0 Å². The first-order chi connectivity index (χ1) is 9.61. The van der Waals surface area contributed by atoms with Gasteiger partial charge >= 0.3 is 5.97 Å². The van der Waals surface area contributed by atoms with Gasteiger partial charge in [0, 0.05) is 6.54 Å². The summed E-state index contributed by atoms with van der Waals surface area (Å²) < 4.78 is 0. The van der Waals surface area contributed by atoms with E-state index in [9.17, 15) is 9.59 Å². The Balaban J connectivity index is 1.99. The molecule has 1 aromatic carbocycles. The van der Waals surface area contributed by atoms with Gasteiger partial charge in [-0.3, -0.25) is 4.79 Å². The monoisotopic (exact) mass is 276 g/mol. The number of carboxylic acids is 1. The van der Waals surface area contributed by atoms with Crippen LogP contribution in [0.4, 0.5) is 0 Å². The molecule has 20 heavy (non-hydrogen) atoms. The third-order valence-corrected chi connectivity index (χ3v) is 3.59. The fourth-order valence-electron chi connectivity index (χ4n) is 2.46. The molecule has 0 bridgehead atoms. The number of carboxylic acid groups (broad SMARTS) is 1. The maximum absolute atomic E-state index is 12.2. The van der Waals surface area contributed by atoms with E-state index in [1.165, 1.54) is 5.56 Å². The molecule has 0 unspecified atom stereocenters. The van der Waals surface area contributed by atoms with E-state index >= 15 is 0 Å². The molecule has 2 rings (SSSR count). The second-order valence-corrected chi connectivity index (χ2v) is 5.09. The van der Waals surface area contributed by atoms with Crippen molar-refractivity contribution in [1.29, 1.82) is 0 Å². The number of hydrogen-bond acceptors (Lipinski definition) is 3. The van der Waals surface area contributed by atoms with E-state index in [1.54, 1.807) is 0 Å². The van der Waals surface area contributed by atoms with Gasteiger partial charge in [0.1, 0.15) is 6.04 Å². The lowest BCUT2D eigenvalue weighted by Crippen LogP contribution is -2.52. The summed E-state index contributed by atoms with van der Waals surface area (Å²) in [7, 11) is 0. The van der Waals surface area contributed by atoms with Gasteiger partial charge in [0.25, 0.3) is 0 Å². The van der Waals surface area contributed by atoms with Crippen LogP contribution in [0.5, 0.6) is 0 Å². The lowest BCUT2D eigenvalue weighted by atomic mass is 9.95. The van der Waals surface area contributed by atoms with Crippen LogP contribution in [0, 0.1) is 0 Å². The van der Waals surface area contributed by atoms with Gasteiger partial charge in [0.2, 0.25) is 5.91 Å². The number of carbonyl (C=O) groups excluding carboxylic acids is 1. The van der Waals surface area contributed by atoms with Crippen LogP contribution >= 0.6 is 0 Å². The molecule has 1 aromatic rings. The third-order valence-electron chi connectivity index (χ3n) is 3.59. The van der Waals surface area contributed by atoms with Crippen molar-refractivity contribution in [3.63, 3.8) is 0 Å². The Morgan fingerprint density at radius 2 is 2.10 bits per heavy atom. The number of hydrogen-bond donors (Lipinski definition) is 3. The first-order valence-corrected chi connectivity index (χ1v) is 6.95. The van der Waals surface area contributed by atoms with Crippen LogP contribution < -0.4 is 10.6 Å². The highest BCUT2D eigenvalue weighted by atomic mass is 16.4. The van der Waals surface area contributed by atoms with Crippen LogP contribution in [0.25, 0.3) is 0 Å². The van der Waals surface area contributed by atoms with E-state index in [4.69, 9.17) is 5.11 Å². The predicted molar refractivity (Wildman–Crippen MR) is 75.2 cm³/mol. The van der Waals surface area contributed by atoms with Gasteiger partial charge in [-0.2, -0.15) is 0 Å². The average molecular weight is 276 g/mol. The molecule has 1 heterocycles. The van der Waals surface area contributed by atoms with E-state index in [0.29, 0.717) is 19.4 Å². The lowest BCUT2D eigenvalue weighted by Gasteiger charge is -2.26. The molecule has 2 atom stereocenters. The number of aliphatic carboxylic acids is 1. The quantitative estimate of drug-likeness (QED) is 0.751. The van der Waals surface area contributed by atoms with Crippen LogP contribution in [-0.4, -0.2) is 29.1 Å². The Morgan fingerprint density at radius 3 is 2.75 bits per heavy atom. The van der Waals surface area contributed by atoms with Crippen molar-refractivity contribution in [2.24, 2.45) is 0 Å². The van der Waals surface area contributed by atoms with Crippen LogP contribution in [0.2, 0.25) is 0 Å². The molecule has 108 valence electrons. The molecule has 0 saturated carbocycles. The largest absolute Gasteiger partial charge is 0.480 e. The number of rotatable bonds is 5. The molecule has 1 aliphatic heterocycles. The zero-order valence-corrected chi connectivity index (χ0v) is 11.6. The lowest BCUT2D eigenvalue weighted by molar-refractivity contribution is -0.142. The minimum Gasteiger partial charge on any atom is -0.480 e. The first-order valence-electron chi connectivity index (χ1n) is 6.95. The molecule has 0 aliphatic carbocycles. The molecule has 1 aliphatic rings. The number of benzene rings is 1. The molecule has 1 amide bonds. The van der Waals surface area contributed by atoms with Crippen molar-refractivity contribution < 1.29 is 14.7 Å². The van der Waals surface area contributed by atoms with Crippen molar-refractivity contribution in [2.45, 2.75) is 44.8 Å². The zero-order valence-electron chi connectivity index (χ0n) is 11.6. The fourth-order valence-corrected chi connectivity index (χ4v) is 2.46. The van der Waals surface area contributed by atoms with E-state index in [0.717, 1.165) is 12.0 Å². The van der Waals surface area contributed by atoms with Gasteiger partial charge in [-0.05, 0) is 24.0 Å². The molecular formula is C15H20N2O3. The maximum Gasteiger partial charge on any atom is 0.326 e. The molecule has 5 heteroatoms. The molecule has 0 aromatic heterocycles. The Kier molecular flexibility index (Phi) is 4.74. The summed E-state index contributed by atoms with van der Waals surface area (Å²) in [4.78, 5) is 23.2. The standard InChI is InChI=1S/C15H20N2O3/c1-2-5-12(15(19)20)17-14(18)13-8-10-6-3-4-7-11(10)9-16-13/h3-4,6-7,12-13,16H,2,5,8-9H2,1H3,(H,17,18)(H,19,20)/t12-,13+/m0/s1. The SMILES string of the molecule is CCC[C@H](NC(=O)[C@H]1Cc2ccccc2CN1)C(=O)O. The summed E-state index contributed by atoms with van der Waals surface area (Å²) in [6.07, 6.45) is 1.77. The highest BCUT2D eigenvalue weighted by Crippen LogP contribution is 2.16. The number of amides is 1. The molecule has 0 fully saturated rings. The highest BCUT2D eigenvalue weighted by molar-refractivity contribution is 5.87. The average Bonchev–Trinajstić information content (AvgIpc) is 2.46. The van der Waals surface area contributed by atoms with Crippen molar-refractivity contribution in [1.82, 2.24) is 10.6 Å². The first kappa shape index (κ1) is 14.5. The second-order valence-electron chi connectivity index (χ2n) is 5.09. The molecule has 0 spiro atoms.